The zero-order chi connectivity index (χ0) is 41.4. The number of hydrogen-bond acceptors (Lipinski definition) is 9. The first-order valence-electron chi connectivity index (χ1n) is 21.3. The first kappa shape index (κ1) is 53.2. The second-order valence-electron chi connectivity index (χ2n) is 14.2. The van der Waals surface area contributed by atoms with Crippen LogP contribution in [0.2, 0.25) is 0 Å². The van der Waals surface area contributed by atoms with Gasteiger partial charge in [-0.1, -0.05) is 145 Å². The Bertz CT molecular complexity index is 1170. The summed E-state index contributed by atoms with van der Waals surface area (Å²) in [4.78, 5) is 45.9. The van der Waals surface area contributed by atoms with Gasteiger partial charge in [-0.2, -0.15) is 0 Å². The zero-order valence-corrected chi connectivity index (χ0v) is 35.4. The summed E-state index contributed by atoms with van der Waals surface area (Å²) in [7, 11) is -4.72. The van der Waals surface area contributed by atoms with Crippen LogP contribution in [0.25, 0.3) is 0 Å². The number of unbranched alkanes of at least 4 members (excludes halogenated alkanes) is 17. The number of aliphatic carboxylic acids is 1. The van der Waals surface area contributed by atoms with Crippen LogP contribution in [0.3, 0.4) is 0 Å². The van der Waals surface area contributed by atoms with Gasteiger partial charge < -0.3 is 25.2 Å². The molecule has 56 heavy (non-hydrogen) atoms. The molecule has 0 aliphatic rings. The molecule has 1 unspecified atom stereocenters. The lowest BCUT2D eigenvalue weighted by atomic mass is 10.0. The Hall–Kier alpha value is -2.82. The normalized spacial score (nSPS) is 14.1. The van der Waals surface area contributed by atoms with Crippen LogP contribution < -0.4 is 5.73 Å². The predicted molar refractivity (Wildman–Crippen MR) is 226 cm³/mol. The van der Waals surface area contributed by atoms with Crippen molar-refractivity contribution in [2.45, 2.75) is 180 Å². The number of phosphoric acid groups is 1. The summed E-state index contributed by atoms with van der Waals surface area (Å²) in [6.45, 7) is 4.21. The number of carboxylic acids is 1. The van der Waals surface area contributed by atoms with Crippen LogP contribution in [0.1, 0.15) is 167 Å². The van der Waals surface area contributed by atoms with E-state index in [1.54, 1.807) is 0 Å². The highest BCUT2D eigenvalue weighted by molar-refractivity contribution is 7.47. The molecular formula is C44H76NO10P. The van der Waals surface area contributed by atoms with E-state index in [-0.39, 0.29) is 19.4 Å². The van der Waals surface area contributed by atoms with Crippen molar-refractivity contribution >= 4 is 25.7 Å². The number of hydrogen-bond donors (Lipinski definition) is 3. The maximum atomic E-state index is 12.6. The number of carbonyl (C=O) groups is 3. The van der Waals surface area contributed by atoms with Gasteiger partial charge in [0.15, 0.2) is 6.10 Å². The first-order valence-corrected chi connectivity index (χ1v) is 22.8. The SMILES string of the molecule is C=CCCCCCCCCCCCCCCCC(=O)O[C@H](COC(=O)CCCCC/C=C/C/C=C/C/C=C/C/C=C/CCC)COP(=O)(O)OC[C@H](N)C(=O)O. The van der Waals surface area contributed by atoms with Crippen molar-refractivity contribution in [3.05, 3.63) is 61.3 Å². The van der Waals surface area contributed by atoms with Gasteiger partial charge in [0, 0.05) is 12.8 Å². The molecule has 0 aromatic rings. The van der Waals surface area contributed by atoms with E-state index in [1.807, 2.05) is 6.08 Å². The molecule has 0 aliphatic heterocycles. The molecule has 0 amide bonds. The Morgan fingerprint density at radius 3 is 1.55 bits per heavy atom. The molecule has 0 saturated heterocycles. The second kappa shape index (κ2) is 39.0. The highest BCUT2D eigenvalue weighted by atomic mass is 31.2. The highest BCUT2D eigenvalue weighted by Gasteiger charge is 2.28. The van der Waals surface area contributed by atoms with Gasteiger partial charge in [0.25, 0.3) is 0 Å². The quantitative estimate of drug-likeness (QED) is 0.0233. The summed E-state index contributed by atoms with van der Waals surface area (Å²) in [5.74, 6) is -2.43. The molecule has 0 spiro atoms. The minimum absolute atomic E-state index is 0.150. The number of carboxylic acid groups (broad SMARTS) is 1. The molecule has 0 fully saturated rings. The van der Waals surface area contributed by atoms with Gasteiger partial charge >= 0.3 is 25.7 Å². The fourth-order valence-corrected chi connectivity index (χ4v) is 6.28. The third-order valence-corrected chi connectivity index (χ3v) is 9.82. The van der Waals surface area contributed by atoms with Gasteiger partial charge in [0.05, 0.1) is 13.2 Å². The molecule has 11 nitrogen and oxygen atoms in total. The fourth-order valence-electron chi connectivity index (χ4n) is 5.51. The van der Waals surface area contributed by atoms with Crippen molar-refractivity contribution in [1.29, 1.82) is 0 Å². The number of rotatable bonds is 40. The topological polar surface area (TPSA) is 172 Å². The molecule has 0 radical (unpaired) electrons. The van der Waals surface area contributed by atoms with E-state index in [1.165, 1.54) is 64.2 Å². The summed E-state index contributed by atoms with van der Waals surface area (Å²) < 4.78 is 32.6. The van der Waals surface area contributed by atoms with Crippen molar-refractivity contribution in [3.63, 3.8) is 0 Å². The smallest absolute Gasteiger partial charge is 0.472 e. The molecule has 0 saturated carbocycles. The first-order chi connectivity index (χ1) is 27.1. The van der Waals surface area contributed by atoms with E-state index in [4.69, 9.17) is 24.8 Å². The number of phosphoric ester groups is 1. The van der Waals surface area contributed by atoms with Crippen LogP contribution in [0.15, 0.2) is 61.3 Å². The summed E-state index contributed by atoms with van der Waals surface area (Å²) in [6.07, 6.45) is 43.2. The van der Waals surface area contributed by atoms with E-state index < -0.39 is 51.1 Å². The van der Waals surface area contributed by atoms with Crippen LogP contribution >= 0.6 is 7.82 Å². The lowest BCUT2D eigenvalue weighted by molar-refractivity contribution is -0.161. The van der Waals surface area contributed by atoms with Gasteiger partial charge in [-0.05, 0) is 64.2 Å². The maximum Gasteiger partial charge on any atom is 0.472 e. The predicted octanol–water partition coefficient (Wildman–Crippen LogP) is 11.2. The van der Waals surface area contributed by atoms with Crippen molar-refractivity contribution in [3.8, 4) is 0 Å². The van der Waals surface area contributed by atoms with Crippen LogP contribution in [0.4, 0.5) is 0 Å². The van der Waals surface area contributed by atoms with Gasteiger partial charge in [-0.3, -0.25) is 23.4 Å². The summed E-state index contributed by atoms with van der Waals surface area (Å²) in [5, 5.41) is 8.88. The third-order valence-electron chi connectivity index (χ3n) is 8.87. The average Bonchev–Trinajstić information content (AvgIpc) is 3.17. The Morgan fingerprint density at radius 2 is 1.04 bits per heavy atom. The number of allylic oxidation sites excluding steroid dienone is 9. The van der Waals surface area contributed by atoms with E-state index in [0.29, 0.717) is 12.8 Å². The molecule has 0 aliphatic carbocycles. The lowest BCUT2D eigenvalue weighted by Gasteiger charge is -2.20. The van der Waals surface area contributed by atoms with E-state index >= 15 is 0 Å². The Kier molecular flexibility index (Phi) is 37.1. The number of nitrogens with two attached hydrogens (primary N) is 1. The third kappa shape index (κ3) is 38.1. The molecule has 0 rings (SSSR count). The van der Waals surface area contributed by atoms with Crippen molar-refractivity contribution in [2.75, 3.05) is 19.8 Å². The van der Waals surface area contributed by atoms with E-state index in [2.05, 4.69) is 66.6 Å². The monoisotopic (exact) mass is 810 g/mol. The molecule has 322 valence electrons. The molecular weight excluding hydrogens is 733 g/mol. The highest BCUT2D eigenvalue weighted by Crippen LogP contribution is 2.43. The summed E-state index contributed by atoms with van der Waals surface area (Å²) in [5.41, 5.74) is 5.33. The van der Waals surface area contributed by atoms with Gasteiger partial charge in [-0.25, -0.2) is 4.57 Å². The van der Waals surface area contributed by atoms with Crippen LogP contribution in [0, 0.1) is 0 Å². The molecule has 4 N–H and O–H groups in total. The van der Waals surface area contributed by atoms with E-state index in [0.717, 1.165) is 70.6 Å². The number of carbonyl (C=O) groups excluding carboxylic acids is 2. The Balaban J connectivity index is 4.42. The Morgan fingerprint density at radius 1 is 0.607 bits per heavy atom. The molecule has 12 heteroatoms. The minimum atomic E-state index is -4.72. The molecule has 0 heterocycles. The largest absolute Gasteiger partial charge is 0.480 e. The number of ether oxygens (including phenoxy) is 2. The maximum absolute atomic E-state index is 12.6. The van der Waals surface area contributed by atoms with Gasteiger partial charge in [0.1, 0.15) is 12.6 Å². The summed E-state index contributed by atoms with van der Waals surface area (Å²) in [6, 6.07) is -1.53. The fraction of sp³-hybridized carbons (Fsp3) is 0.705. The molecule has 0 aromatic heterocycles. The minimum Gasteiger partial charge on any atom is -0.480 e. The number of esters is 2. The lowest BCUT2D eigenvalue weighted by Crippen LogP contribution is -2.34. The van der Waals surface area contributed by atoms with Crippen LogP contribution in [0.5, 0.6) is 0 Å². The Labute approximate surface area is 338 Å². The van der Waals surface area contributed by atoms with Crippen LogP contribution in [-0.4, -0.2) is 59.9 Å². The second-order valence-corrected chi connectivity index (χ2v) is 15.7. The molecule has 3 atom stereocenters. The standard InChI is InChI=1S/C44H76NO10P/c1-3-5-7-9-11-13-15-17-19-20-22-23-25-27-29-31-33-35-42(46)52-37-40(38-53-56(50,51)54-39-41(45)44(48)49)55-43(47)36-34-32-30-28-26-24-21-18-16-14-12-10-8-6-4-2/h4,7,9,13,15,19-20,23,25,40-41H,2-3,5-6,8,10-12,14,16-18,21-22,24,26-39,45H2,1H3,(H,48,49)(H,50,51)/b9-7+,15-13+,20-19+,25-23+/t40-,41+/m1/s1. The van der Waals surface area contributed by atoms with Crippen molar-refractivity contribution in [2.24, 2.45) is 5.73 Å². The van der Waals surface area contributed by atoms with Gasteiger partial charge in [-0.15, -0.1) is 6.58 Å². The van der Waals surface area contributed by atoms with Crippen molar-refractivity contribution < 1.29 is 47.5 Å². The van der Waals surface area contributed by atoms with Crippen LogP contribution in [-0.2, 0) is 37.5 Å². The molecule has 0 aromatic carbocycles. The van der Waals surface area contributed by atoms with Crippen molar-refractivity contribution in [1.82, 2.24) is 0 Å². The molecule has 0 bridgehead atoms. The van der Waals surface area contributed by atoms with Gasteiger partial charge in [0.2, 0.25) is 0 Å². The zero-order valence-electron chi connectivity index (χ0n) is 34.5. The average molecular weight is 810 g/mol. The van der Waals surface area contributed by atoms with E-state index in [9.17, 15) is 23.8 Å². The summed E-state index contributed by atoms with van der Waals surface area (Å²) >= 11 is 0.